The maximum Gasteiger partial charge on any atom is 0.247 e. The summed E-state index contributed by atoms with van der Waals surface area (Å²) in [6, 6.07) is 13.9. The lowest BCUT2D eigenvalue weighted by Crippen LogP contribution is -2.08. The molecule has 0 bridgehead atoms. The molecule has 0 saturated carbocycles. The second kappa shape index (κ2) is 6.74. The zero-order valence-corrected chi connectivity index (χ0v) is 14.3. The molecule has 0 spiro atoms. The van der Waals surface area contributed by atoms with Crippen molar-refractivity contribution >= 4 is 5.69 Å². The first kappa shape index (κ1) is 16.1. The van der Waals surface area contributed by atoms with E-state index in [-0.39, 0.29) is 6.04 Å². The van der Waals surface area contributed by atoms with Crippen molar-refractivity contribution < 1.29 is 9.15 Å². The van der Waals surface area contributed by atoms with E-state index in [0.29, 0.717) is 11.8 Å². The van der Waals surface area contributed by atoms with Crippen LogP contribution in [0.5, 0.6) is 5.75 Å². The summed E-state index contributed by atoms with van der Waals surface area (Å²) in [5.74, 6) is 1.85. The average Bonchev–Trinajstić information content (AvgIpc) is 3.05. The number of nitrogens with one attached hydrogen (secondary N) is 1. The summed E-state index contributed by atoms with van der Waals surface area (Å²) < 4.78 is 11.2. The molecule has 0 amide bonds. The smallest absolute Gasteiger partial charge is 0.247 e. The lowest BCUT2D eigenvalue weighted by molar-refractivity contribution is 0.415. The first-order valence-electron chi connectivity index (χ1n) is 7.88. The maximum absolute atomic E-state index is 5.84. The van der Waals surface area contributed by atoms with Crippen LogP contribution in [0.1, 0.15) is 30.0 Å². The average molecular weight is 323 g/mol. The molecule has 0 aliphatic rings. The van der Waals surface area contributed by atoms with Gasteiger partial charge < -0.3 is 14.5 Å². The Morgan fingerprint density at radius 2 is 1.83 bits per heavy atom. The lowest BCUT2D eigenvalue weighted by Gasteiger charge is -2.15. The topological polar surface area (TPSA) is 60.2 Å². The first-order chi connectivity index (χ1) is 11.6. The van der Waals surface area contributed by atoms with Gasteiger partial charge in [-0.3, -0.25) is 0 Å². The molecule has 1 N–H and O–H groups in total. The van der Waals surface area contributed by atoms with Crippen LogP contribution in [0.2, 0.25) is 0 Å². The Kier molecular flexibility index (Phi) is 4.51. The highest BCUT2D eigenvalue weighted by atomic mass is 16.5. The van der Waals surface area contributed by atoms with Crippen LogP contribution in [0.25, 0.3) is 11.5 Å². The third-order valence-corrected chi connectivity index (χ3v) is 3.80. The molecular weight excluding hydrogens is 302 g/mol. The van der Waals surface area contributed by atoms with Gasteiger partial charge in [0.25, 0.3) is 0 Å². The van der Waals surface area contributed by atoms with Crippen molar-refractivity contribution in [3.8, 4) is 17.2 Å². The van der Waals surface area contributed by atoms with E-state index in [0.717, 1.165) is 28.1 Å². The Bertz CT molecular complexity index is 842. The van der Waals surface area contributed by atoms with Gasteiger partial charge >= 0.3 is 0 Å². The normalized spacial score (nSPS) is 12.0. The maximum atomic E-state index is 5.84. The van der Waals surface area contributed by atoms with Crippen LogP contribution in [0, 0.1) is 13.8 Å². The van der Waals surface area contributed by atoms with Crippen molar-refractivity contribution in [2.24, 2.45) is 0 Å². The summed E-state index contributed by atoms with van der Waals surface area (Å²) in [6.07, 6.45) is 0. The van der Waals surface area contributed by atoms with Gasteiger partial charge in [-0.1, -0.05) is 23.8 Å². The molecule has 1 heterocycles. The van der Waals surface area contributed by atoms with Gasteiger partial charge in [0.1, 0.15) is 11.8 Å². The molecule has 0 unspecified atom stereocenters. The van der Waals surface area contributed by atoms with E-state index in [1.807, 2.05) is 63.2 Å². The lowest BCUT2D eigenvalue weighted by atomic mass is 10.1. The summed E-state index contributed by atoms with van der Waals surface area (Å²) in [5.41, 5.74) is 4.13. The zero-order valence-electron chi connectivity index (χ0n) is 14.3. The van der Waals surface area contributed by atoms with Crippen molar-refractivity contribution in [2.75, 3.05) is 12.4 Å². The molecular formula is C19H21N3O2. The number of rotatable bonds is 5. The number of hydrogen-bond donors (Lipinski definition) is 1. The number of benzene rings is 2. The predicted molar refractivity (Wildman–Crippen MR) is 94.2 cm³/mol. The van der Waals surface area contributed by atoms with E-state index in [1.165, 1.54) is 0 Å². The predicted octanol–water partition coefficient (Wildman–Crippen LogP) is 4.54. The third-order valence-electron chi connectivity index (χ3n) is 3.80. The Morgan fingerprint density at radius 3 is 2.58 bits per heavy atom. The third kappa shape index (κ3) is 3.40. The van der Waals surface area contributed by atoms with Crippen molar-refractivity contribution in [1.82, 2.24) is 10.2 Å². The minimum absolute atomic E-state index is 0.133. The molecule has 0 aliphatic heterocycles. The number of aryl methyl sites for hydroxylation is 2. The minimum Gasteiger partial charge on any atom is -0.495 e. The number of nitrogens with zero attached hydrogens (tertiary/aromatic N) is 2. The minimum atomic E-state index is -0.133. The van der Waals surface area contributed by atoms with Gasteiger partial charge in [-0.15, -0.1) is 10.2 Å². The van der Waals surface area contributed by atoms with Gasteiger partial charge in [0.05, 0.1) is 12.8 Å². The summed E-state index contributed by atoms with van der Waals surface area (Å²) in [7, 11) is 1.66. The summed E-state index contributed by atoms with van der Waals surface area (Å²) >= 11 is 0. The monoisotopic (exact) mass is 323 g/mol. The van der Waals surface area contributed by atoms with Crippen LogP contribution in [0.4, 0.5) is 5.69 Å². The molecule has 1 atom stereocenters. The summed E-state index contributed by atoms with van der Waals surface area (Å²) in [6.45, 7) is 6.06. The van der Waals surface area contributed by atoms with E-state index < -0.39 is 0 Å². The van der Waals surface area contributed by atoms with Crippen molar-refractivity contribution in [3.05, 3.63) is 59.5 Å². The largest absolute Gasteiger partial charge is 0.495 e. The fraction of sp³-hybridized carbons (Fsp3) is 0.263. The van der Waals surface area contributed by atoms with Crippen LogP contribution in [0.3, 0.4) is 0 Å². The highest BCUT2D eigenvalue weighted by Crippen LogP contribution is 2.29. The van der Waals surface area contributed by atoms with E-state index in [1.54, 1.807) is 7.11 Å². The Balaban J connectivity index is 1.82. The number of methoxy groups -OCH3 is 1. The standard InChI is InChI=1S/C19H21N3O2/c1-12-6-5-7-15(10-12)19-22-21-18(24-19)14(3)20-16-11-13(2)8-9-17(16)23-4/h5-11,14,20H,1-4H3/t14-/m1/s1. The van der Waals surface area contributed by atoms with Crippen LogP contribution in [-0.4, -0.2) is 17.3 Å². The van der Waals surface area contributed by atoms with Crippen molar-refractivity contribution in [1.29, 1.82) is 0 Å². The summed E-state index contributed by atoms with van der Waals surface area (Å²) in [5, 5.41) is 11.7. The van der Waals surface area contributed by atoms with Gasteiger partial charge in [0.2, 0.25) is 11.8 Å². The highest BCUT2D eigenvalue weighted by molar-refractivity contribution is 5.59. The van der Waals surface area contributed by atoms with E-state index >= 15 is 0 Å². The molecule has 5 heteroatoms. The van der Waals surface area contributed by atoms with Gasteiger partial charge in [-0.2, -0.15) is 0 Å². The molecule has 0 radical (unpaired) electrons. The van der Waals surface area contributed by atoms with Crippen LogP contribution in [0.15, 0.2) is 46.9 Å². The Labute approximate surface area is 141 Å². The zero-order chi connectivity index (χ0) is 17.1. The fourth-order valence-electron chi connectivity index (χ4n) is 2.53. The molecule has 0 saturated heterocycles. The number of aromatic nitrogens is 2. The first-order valence-corrected chi connectivity index (χ1v) is 7.88. The molecule has 1 aromatic heterocycles. The van der Waals surface area contributed by atoms with Crippen LogP contribution < -0.4 is 10.1 Å². The number of hydrogen-bond acceptors (Lipinski definition) is 5. The van der Waals surface area contributed by atoms with Gasteiger partial charge in [-0.05, 0) is 50.6 Å². The molecule has 124 valence electrons. The highest BCUT2D eigenvalue weighted by Gasteiger charge is 2.16. The van der Waals surface area contributed by atoms with Crippen molar-refractivity contribution in [2.45, 2.75) is 26.8 Å². The molecule has 3 rings (SSSR count). The second-order valence-electron chi connectivity index (χ2n) is 5.88. The molecule has 0 aliphatic carbocycles. The molecule has 0 fully saturated rings. The number of ether oxygens (including phenoxy) is 1. The summed E-state index contributed by atoms with van der Waals surface area (Å²) in [4.78, 5) is 0. The van der Waals surface area contributed by atoms with Gasteiger partial charge in [-0.25, -0.2) is 0 Å². The molecule has 24 heavy (non-hydrogen) atoms. The van der Waals surface area contributed by atoms with E-state index in [9.17, 15) is 0 Å². The molecule has 5 nitrogen and oxygen atoms in total. The van der Waals surface area contributed by atoms with Gasteiger partial charge in [0.15, 0.2) is 0 Å². The molecule has 3 aromatic rings. The number of anilines is 1. The Hall–Kier alpha value is -2.82. The second-order valence-corrected chi connectivity index (χ2v) is 5.88. The molecule has 2 aromatic carbocycles. The SMILES string of the molecule is COc1ccc(C)cc1N[C@H](C)c1nnc(-c2cccc(C)c2)o1. The Morgan fingerprint density at radius 1 is 1.04 bits per heavy atom. The fourth-order valence-corrected chi connectivity index (χ4v) is 2.53. The quantitative estimate of drug-likeness (QED) is 0.747. The van der Waals surface area contributed by atoms with E-state index in [2.05, 4.69) is 15.5 Å². The van der Waals surface area contributed by atoms with Crippen LogP contribution in [-0.2, 0) is 0 Å². The van der Waals surface area contributed by atoms with Gasteiger partial charge in [0, 0.05) is 5.56 Å². The van der Waals surface area contributed by atoms with Crippen molar-refractivity contribution in [3.63, 3.8) is 0 Å². The van der Waals surface area contributed by atoms with Crippen LogP contribution >= 0.6 is 0 Å². The van der Waals surface area contributed by atoms with E-state index in [4.69, 9.17) is 9.15 Å².